The first kappa shape index (κ1) is 28.3. The molecular formula is C27H31N3O8. The van der Waals surface area contributed by atoms with Crippen LogP contribution in [0.5, 0.6) is 5.75 Å². The summed E-state index contributed by atoms with van der Waals surface area (Å²) < 4.78 is 20.6. The van der Waals surface area contributed by atoms with E-state index < -0.39 is 24.0 Å². The largest absolute Gasteiger partial charge is 0.482 e. The molecule has 38 heavy (non-hydrogen) atoms. The molecule has 2 amide bonds. The summed E-state index contributed by atoms with van der Waals surface area (Å²) in [7, 11) is 0. The average molecular weight is 526 g/mol. The highest BCUT2D eigenvalue weighted by atomic mass is 16.6. The van der Waals surface area contributed by atoms with Gasteiger partial charge in [-0.3, -0.25) is 9.59 Å². The van der Waals surface area contributed by atoms with Crippen LogP contribution in [-0.4, -0.2) is 68.2 Å². The van der Waals surface area contributed by atoms with Crippen molar-refractivity contribution in [2.24, 2.45) is 10.7 Å². The Kier molecular flexibility index (Phi) is 10.4. The first-order chi connectivity index (χ1) is 18.3. The molecular weight excluding hydrogens is 494 g/mol. The summed E-state index contributed by atoms with van der Waals surface area (Å²) in [6.07, 6.45) is 0.208. The number of amides is 2. The number of carbonyl (C=O) groups excluding carboxylic acids is 4. The van der Waals surface area contributed by atoms with E-state index in [2.05, 4.69) is 10.3 Å². The number of esters is 1. The highest BCUT2D eigenvalue weighted by Gasteiger charge is 2.20. The maximum Gasteiger partial charge on any atom is 0.435 e. The summed E-state index contributed by atoms with van der Waals surface area (Å²) in [5, 5.41) is 2.66. The predicted octanol–water partition coefficient (Wildman–Crippen LogP) is 2.65. The topological polar surface area (TPSA) is 156 Å². The number of aliphatic imine (C=N–C) groups is 1. The van der Waals surface area contributed by atoms with E-state index in [0.717, 1.165) is 0 Å². The lowest BCUT2D eigenvalue weighted by Crippen LogP contribution is -2.38. The molecule has 2 aromatic rings. The van der Waals surface area contributed by atoms with E-state index in [4.69, 9.17) is 24.7 Å². The van der Waals surface area contributed by atoms with Gasteiger partial charge in [0.05, 0.1) is 25.9 Å². The van der Waals surface area contributed by atoms with E-state index >= 15 is 0 Å². The zero-order valence-electron chi connectivity index (χ0n) is 21.3. The third-order valence-corrected chi connectivity index (χ3v) is 5.63. The van der Waals surface area contributed by atoms with Gasteiger partial charge < -0.3 is 30.0 Å². The van der Waals surface area contributed by atoms with Crippen LogP contribution in [0.4, 0.5) is 4.79 Å². The van der Waals surface area contributed by atoms with Crippen molar-refractivity contribution in [1.29, 1.82) is 0 Å². The van der Waals surface area contributed by atoms with Crippen LogP contribution in [0.1, 0.15) is 53.0 Å². The Morgan fingerprint density at radius 1 is 1.00 bits per heavy atom. The number of nitrogens with zero attached hydrogens (tertiary/aromatic N) is 1. The molecule has 0 spiro atoms. The molecule has 1 aliphatic heterocycles. The lowest BCUT2D eigenvalue weighted by atomic mass is 10.0. The molecule has 1 atom stereocenters. The number of hydrogen-bond donors (Lipinski definition) is 2. The third kappa shape index (κ3) is 8.41. The molecule has 3 rings (SSSR count). The van der Waals surface area contributed by atoms with Crippen LogP contribution in [-0.2, 0) is 19.0 Å². The van der Waals surface area contributed by atoms with Crippen LogP contribution in [0.3, 0.4) is 0 Å². The summed E-state index contributed by atoms with van der Waals surface area (Å²) in [5.41, 5.74) is 7.03. The number of hydrogen-bond acceptors (Lipinski definition) is 8. The van der Waals surface area contributed by atoms with Crippen LogP contribution in [0.15, 0.2) is 53.5 Å². The van der Waals surface area contributed by atoms with Gasteiger partial charge in [0.1, 0.15) is 17.7 Å². The van der Waals surface area contributed by atoms with Crippen molar-refractivity contribution >= 4 is 29.6 Å². The van der Waals surface area contributed by atoms with Crippen molar-refractivity contribution in [3.05, 3.63) is 65.2 Å². The molecule has 3 N–H and O–H groups in total. The number of benzene rings is 2. The van der Waals surface area contributed by atoms with Gasteiger partial charge in [0.2, 0.25) is 0 Å². The molecule has 0 aliphatic carbocycles. The van der Waals surface area contributed by atoms with Crippen molar-refractivity contribution < 1.29 is 38.1 Å². The lowest BCUT2D eigenvalue weighted by molar-refractivity contribution is -0.145. The lowest BCUT2D eigenvalue weighted by Gasteiger charge is -2.21. The zero-order chi connectivity index (χ0) is 27.5. The normalized spacial score (nSPS) is 14.7. The van der Waals surface area contributed by atoms with E-state index in [1.807, 2.05) is 0 Å². The Labute approximate surface area is 220 Å². The van der Waals surface area contributed by atoms with Crippen LogP contribution < -0.4 is 15.8 Å². The maximum absolute atomic E-state index is 12.8. The Morgan fingerprint density at radius 2 is 1.61 bits per heavy atom. The number of ether oxygens (including phenoxy) is 4. The molecule has 11 nitrogen and oxygen atoms in total. The average Bonchev–Trinajstić information content (AvgIpc) is 2.92. The molecule has 1 aliphatic rings. The van der Waals surface area contributed by atoms with Crippen LogP contribution in [0.2, 0.25) is 0 Å². The quantitative estimate of drug-likeness (QED) is 0.206. The smallest absolute Gasteiger partial charge is 0.435 e. The number of nitrogens with one attached hydrogen (secondary N) is 1. The number of carbonyl (C=O) groups is 4. The minimum Gasteiger partial charge on any atom is -0.482 e. The summed E-state index contributed by atoms with van der Waals surface area (Å²) >= 11 is 0. The molecule has 2 aromatic carbocycles. The van der Waals surface area contributed by atoms with E-state index in [1.54, 1.807) is 50.2 Å². The Morgan fingerprint density at radius 3 is 2.24 bits per heavy atom. The van der Waals surface area contributed by atoms with Gasteiger partial charge >= 0.3 is 12.1 Å². The fourth-order valence-corrected chi connectivity index (χ4v) is 3.57. The highest BCUT2D eigenvalue weighted by Crippen LogP contribution is 2.15. The van der Waals surface area contributed by atoms with Gasteiger partial charge in [-0.1, -0.05) is 12.1 Å². The Bertz CT molecular complexity index is 1160. The van der Waals surface area contributed by atoms with Crippen LogP contribution in [0, 0.1) is 0 Å². The van der Waals surface area contributed by atoms with Crippen molar-refractivity contribution in [3.63, 3.8) is 0 Å². The summed E-state index contributed by atoms with van der Waals surface area (Å²) in [5.74, 6) is -0.870. The Balaban J connectivity index is 1.52. The molecule has 1 heterocycles. The molecule has 11 heteroatoms. The van der Waals surface area contributed by atoms with Gasteiger partial charge in [-0.2, -0.15) is 4.99 Å². The number of amidine groups is 1. The molecule has 1 saturated heterocycles. The number of Topliss-reactive ketones (excluding diaryl/α,β-unsaturated/α-hetero) is 1. The SMILES string of the molecule is CCOC(=O)COc1ccc(C(=O)[C@H](C)NC(=O)c2ccc(C(N)=NC(=O)OC3CCOCC3)cc2)cc1. The Hall–Kier alpha value is -4.25. The highest BCUT2D eigenvalue weighted by molar-refractivity contribution is 6.05. The standard InChI is InChI=1S/C27H31N3O8/c1-3-36-23(31)16-37-21-10-8-18(9-11-21)24(32)17(2)29-26(33)20-6-4-19(5-7-20)25(28)30-27(34)38-22-12-14-35-15-13-22/h4-11,17,22H,3,12-16H2,1-2H3,(H,29,33)(H2,28,30,34)/t17-/m0/s1. The van der Waals surface area contributed by atoms with Gasteiger partial charge in [0.15, 0.2) is 12.4 Å². The van der Waals surface area contributed by atoms with Gasteiger partial charge in [-0.05, 0) is 50.2 Å². The molecule has 0 radical (unpaired) electrons. The van der Waals surface area contributed by atoms with Gasteiger partial charge in [-0.15, -0.1) is 0 Å². The molecule has 0 bridgehead atoms. The third-order valence-electron chi connectivity index (χ3n) is 5.63. The van der Waals surface area contributed by atoms with Crippen molar-refractivity contribution in [1.82, 2.24) is 5.32 Å². The van der Waals surface area contributed by atoms with Crippen LogP contribution >= 0.6 is 0 Å². The minimum atomic E-state index is -0.805. The molecule has 0 unspecified atom stereocenters. The number of rotatable bonds is 10. The van der Waals surface area contributed by atoms with E-state index in [-0.39, 0.29) is 30.9 Å². The fraction of sp³-hybridized carbons (Fsp3) is 0.370. The van der Waals surface area contributed by atoms with Crippen molar-refractivity contribution in [2.75, 3.05) is 26.4 Å². The number of nitrogens with two attached hydrogens (primary N) is 1. The minimum absolute atomic E-state index is 0.0350. The second-order valence-corrected chi connectivity index (χ2v) is 8.45. The van der Waals surface area contributed by atoms with Crippen molar-refractivity contribution in [3.8, 4) is 5.75 Å². The summed E-state index contributed by atoms with van der Waals surface area (Å²) in [6.45, 7) is 4.38. The van der Waals surface area contributed by atoms with Crippen molar-refractivity contribution in [2.45, 2.75) is 38.8 Å². The maximum atomic E-state index is 12.8. The monoisotopic (exact) mass is 525 g/mol. The number of ketones is 1. The van der Waals surface area contributed by atoms with Gasteiger partial charge in [0, 0.05) is 29.5 Å². The van der Waals surface area contributed by atoms with E-state index in [9.17, 15) is 19.2 Å². The second-order valence-electron chi connectivity index (χ2n) is 8.45. The zero-order valence-corrected chi connectivity index (χ0v) is 21.3. The first-order valence-electron chi connectivity index (χ1n) is 12.2. The summed E-state index contributed by atoms with van der Waals surface area (Å²) in [4.78, 5) is 52.6. The van der Waals surface area contributed by atoms with Gasteiger partial charge in [-0.25, -0.2) is 9.59 Å². The molecule has 0 aromatic heterocycles. The summed E-state index contributed by atoms with van der Waals surface area (Å²) in [6, 6.07) is 11.6. The van der Waals surface area contributed by atoms with Gasteiger partial charge in [0.25, 0.3) is 5.91 Å². The fourth-order valence-electron chi connectivity index (χ4n) is 3.57. The first-order valence-corrected chi connectivity index (χ1v) is 12.2. The molecule has 202 valence electrons. The molecule has 0 saturated carbocycles. The van der Waals surface area contributed by atoms with E-state index in [1.165, 1.54) is 12.1 Å². The second kappa shape index (κ2) is 13.9. The predicted molar refractivity (Wildman–Crippen MR) is 137 cm³/mol. The van der Waals surface area contributed by atoms with Crippen LogP contribution in [0.25, 0.3) is 0 Å². The molecule has 1 fully saturated rings. The van der Waals surface area contributed by atoms with E-state index in [0.29, 0.717) is 48.5 Å².